The Hall–Kier alpha value is 0.180. The molecule has 0 aliphatic heterocycles. The topological polar surface area (TPSA) is 0 Å². The van der Waals surface area contributed by atoms with Gasteiger partial charge >= 0.3 is 22.4 Å². The predicted octanol–water partition coefficient (Wildman–Crippen LogP) is 1.59. The number of benzene rings is 1. The van der Waals surface area contributed by atoms with E-state index in [0.717, 1.165) is 4.90 Å². The van der Waals surface area contributed by atoms with Gasteiger partial charge in [0.2, 0.25) is 0 Å². The largest absolute Gasteiger partial charge is 1.00 e. The van der Waals surface area contributed by atoms with Crippen molar-refractivity contribution < 1.29 is 22.4 Å². The van der Waals surface area contributed by atoms with Gasteiger partial charge in [-0.3, -0.25) is 0 Å². The van der Waals surface area contributed by atoms with E-state index in [9.17, 15) is 0 Å². The molecule has 0 spiro atoms. The first kappa shape index (κ1) is 8.18. The third-order valence-electron chi connectivity index (χ3n) is 0.743. The smallest absolute Gasteiger partial charge is 0.780 e. The van der Waals surface area contributed by atoms with Crippen LogP contribution in [0.25, 0.3) is 0 Å². The molecule has 0 saturated carbocycles. The van der Waals surface area contributed by atoms with E-state index < -0.39 is 0 Å². The molecule has 0 unspecified atom stereocenters. The van der Waals surface area contributed by atoms with E-state index in [1.54, 1.807) is 0 Å². The van der Waals surface area contributed by atoms with Crippen molar-refractivity contribution >= 4 is 12.6 Å². The van der Waals surface area contributed by atoms with E-state index in [4.69, 9.17) is 12.6 Å². The minimum Gasteiger partial charge on any atom is -0.780 e. The Bertz CT molecular complexity index is 138. The Morgan fingerprint density at radius 1 is 1.00 bits per heavy atom. The molecule has 1 rings (SSSR count). The van der Waals surface area contributed by atoms with Crippen LogP contribution >= 0.6 is 0 Å². The van der Waals surface area contributed by atoms with Crippen molar-refractivity contribution in [2.75, 3.05) is 0 Å². The van der Waals surface area contributed by atoms with Gasteiger partial charge in [-0.25, -0.2) is 0 Å². The van der Waals surface area contributed by atoms with Gasteiger partial charge in [0.1, 0.15) is 0 Å². The summed E-state index contributed by atoms with van der Waals surface area (Å²) in [6.07, 6.45) is 0. The van der Waals surface area contributed by atoms with Gasteiger partial charge in [0.25, 0.3) is 0 Å². The van der Waals surface area contributed by atoms with E-state index >= 15 is 0 Å². The van der Waals surface area contributed by atoms with E-state index in [1.165, 1.54) is 0 Å². The summed E-state index contributed by atoms with van der Waals surface area (Å²) in [5.41, 5.74) is 0. The zero-order valence-corrected chi connectivity index (χ0v) is 7.08. The summed E-state index contributed by atoms with van der Waals surface area (Å²) in [5.74, 6) is 0. The van der Waals surface area contributed by atoms with Crippen molar-refractivity contribution in [3.8, 4) is 0 Å². The van der Waals surface area contributed by atoms with Crippen molar-refractivity contribution in [1.29, 1.82) is 0 Å². The van der Waals surface area contributed by atoms with Gasteiger partial charge in [-0.05, 0) is 0 Å². The normalized spacial score (nSPS) is 7.50. The Labute approximate surface area is 70.2 Å². The van der Waals surface area contributed by atoms with Crippen molar-refractivity contribution in [1.82, 2.24) is 0 Å². The van der Waals surface area contributed by atoms with Crippen LogP contribution in [0.15, 0.2) is 35.2 Å². The molecule has 0 aliphatic rings. The Morgan fingerprint density at radius 2 is 1.50 bits per heavy atom. The zero-order valence-electron chi connectivity index (χ0n) is 4.10. The van der Waals surface area contributed by atoms with Crippen molar-refractivity contribution in [2.45, 2.75) is 4.90 Å². The second-order valence-corrected chi connectivity index (χ2v) is 1.78. The van der Waals surface area contributed by atoms with Crippen LogP contribution in [-0.4, -0.2) is 0 Å². The Kier molecular flexibility index (Phi) is 4.19. The maximum absolute atomic E-state index is 4.81. The summed E-state index contributed by atoms with van der Waals surface area (Å²) in [4.78, 5) is 0.905. The van der Waals surface area contributed by atoms with Crippen molar-refractivity contribution in [3.63, 3.8) is 0 Å². The molecule has 0 saturated heterocycles. The second-order valence-electron chi connectivity index (χ2n) is 1.31. The summed E-state index contributed by atoms with van der Waals surface area (Å²) in [6, 6.07) is 9.62. The number of rotatable bonds is 0. The maximum atomic E-state index is 4.81. The minimum atomic E-state index is 0. The van der Waals surface area contributed by atoms with Gasteiger partial charge in [0.05, 0.1) is 0 Å². The fourth-order valence-corrected chi connectivity index (χ4v) is 0.578. The molecule has 46 valence electrons. The summed E-state index contributed by atoms with van der Waals surface area (Å²) in [5, 5.41) is 0. The predicted molar refractivity (Wildman–Crippen MR) is 32.1 cm³/mol. The fraction of sp³-hybridized carbons (Fsp3) is 0. The molecule has 0 bridgehead atoms. The first-order valence-electron chi connectivity index (χ1n) is 2.11. The quantitative estimate of drug-likeness (QED) is 0.518. The molecular weight excluding hydrogens is 301 g/mol. The summed E-state index contributed by atoms with van der Waals surface area (Å²) < 4.78 is 0. The third kappa shape index (κ3) is 2.48. The molecule has 0 nitrogen and oxygen atoms in total. The van der Waals surface area contributed by atoms with Crippen LogP contribution in [0.2, 0.25) is 0 Å². The molecular formula is C6H5AuS. The Balaban J connectivity index is 0.000000490. The average Bonchev–Trinajstić information content (AvgIpc) is 1.69. The average molecular weight is 306 g/mol. The van der Waals surface area contributed by atoms with Crippen LogP contribution in [0.3, 0.4) is 0 Å². The molecule has 0 fully saturated rings. The molecule has 0 N–H and O–H groups in total. The van der Waals surface area contributed by atoms with Gasteiger partial charge in [-0.2, -0.15) is 4.90 Å². The summed E-state index contributed by atoms with van der Waals surface area (Å²) in [6.45, 7) is 0. The van der Waals surface area contributed by atoms with Crippen LogP contribution < -0.4 is 0 Å². The summed E-state index contributed by atoms with van der Waals surface area (Å²) in [7, 11) is 0. The van der Waals surface area contributed by atoms with Gasteiger partial charge in [0.15, 0.2) is 0 Å². The third-order valence-corrected chi connectivity index (χ3v) is 1.02. The zero-order chi connectivity index (χ0) is 5.11. The number of hydrogen-bond acceptors (Lipinski definition) is 1. The van der Waals surface area contributed by atoms with Crippen LogP contribution in [0.4, 0.5) is 0 Å². The molecule has 2 heteroatoms. The van der Waals surface area contributed by atoms with Gasteiger partial charge in [0, 0.05) is 0 Å². The molecule has 0 aromatic heterocycles. The molecule has 1 aromatic carbocycles. The molecule has 0 aliphatic carbocycles. The van der Waals surface area contributed by atoms with E-state index in [0.29, 0.717) is 0 Å². The van der Waals surface area contributed by atoms with E-state index in [2.05, 4.69) is 0 Å². The van der Waals surface area contributed by atoms with Gasteiger partial charge in [-0.15, -0.1) is 0 Å². The number of hydrogen-bond donors (Lipinski definition) is 0. The minimum absolute atomic E-state index is 0. The molecule has 0 heterocycles. The SMILES string of the molecule is [Au+].[S-]c1ccccc1. The monoisotopic (exact) mass is 306 g/mol. The van der Waals surface area contributed by atoms with Crippen LogP contribution in [0.1, 0.15) is 0 Å². The first-order chi connectivity index (χ1) is 3.39. The molecule has 0 atom stereocenters. The Morgan fingerprint density at radius 3 is 1.75 bits per heavy atom. The fourth-order valence-electron chi connectivity index (χ4n) is 0.420. The molecule has 0 amide bonds. The first-order valence-corrected chi connectivity index (χ1v) is 2.52. The van der Waals surface area contributed by atoms with Gasteiger partial charge < -0.3 is 12.6 Å². The second kappa shape index (κ2) is 4.10. The maximum Gasteiger partial charge on any atom is 1.00 e. The standard InChI is InChI=1S/C6H6S.Au/c7-6-4-2-1-3-5-6;/h1-5,7H;/q;+1/p-1. The molecule has 0 radical (unpaired) electrons. The van der Waals surface area contributed by atoms with E-state index in [1.807, 2.05) is 30.3 Å². The van der Waals surface area contributed by atoms with E-state index in [-0.39, 0.29) is 22.4 Å². The van der Waals surface area contributed by atoms with Gasteiger partial charge in [-0.1, -0.05) is 30.3 Å². The molecule has 8 heavy (non-hydrogen) atoms. The van der Waals surface area contributed by atoms with Crippen LogP contribution in [0, 0.1) is 0 Å². The van der Waals surface area contributed by atoms with Crippen LogP contribution in [0.5, 0.6) is 0 Å². The van der Waals surface area contributed by atoms with Crippen molar-refractivity contribution in [2.24, 2.45) is 0 Å². The van der Waals surface area contributed by atoms with Crippen LogP contribution in [-0.2, 0) is 35.0 Å². The van der Waals surface area contributed by atoms with Crippen molar-refractivity contribution in [3.05, 3.63) is 30.3 Å². The molecule has 1 aromatic rings. The summed E-state index contributed by atoms with van der Waals surface area (Å²) >= 11 is 4.81.